The van der Waals surface area contributed by atoms with Gasteiger partial charge in [0.15, 0.2) is 0 Å². The molecule has 1 aromatic heterocycles. The number of carbonyl (C=O) groups is 1. The Morgan fingerprint density at radius 1 is 1.24 bits per heavy atom. The molecule has 0 radical (unpaired) electrons. The van der Waals surface area contributed by atoms with E-state index in [1.165, 1.54) is 30.5 Å². The van der Waals surface area contributed by atoms with Gasteiger partial charge in [0.1, 0.15) is 11.4 Å². The minimum absolute atomic E-state index is 0.0191. The van der Waals surface area contributed by atoms with Gasteiger partial charge in [-0.1, -0.05) is 26.0 Å². The van der Waals surface area contributed by atoms with E-state index >= 15 is 0 Å². The second kappa shape index (κ2) is 5.52. The highest BCUT2D eigenvalue weighted by Crippen LogP contribution is 2.26. The summed E-state index contributed by atoms with van der Waals surface area (Å²) in [6, 6.07) is 5.49. The maximum atomic E-state index is 13.1. The summed E-state index contributed by atoms with van der Waals surface area (Å²) < 4.78 is 14.7. The molecule has 2 aromatic rings. The Balaban J connectivity index is 2.86. The first-order chi connectivity index (χ1) is 9.82. The summed E-state index contributed by atoms with van der Waals surface area (Å²) in [5.74, 6) is -1.66. The molecule has 0 atom stereocenters. The molecule has 0 bridgehead atoms. The number of carboxylic acids is 1. The predicted molar refractivity (Wildman–Crippen MR) is 78.1 cm³/mol. The van der Waals surface area contributed by atoms with Crippen LogP contribution in [0.5, 0.6) is 0 Å². The van der Waals surface area contributed by atoms with Gasteiger partial charge in [0.2, 0.25) is 5.43 Å². The van der Waals surface area contributed by atoms with Crippen LogP contribution in [0.1, 0.15) is 35.8 Å². The van der Waals surface area contributed by atoms with Gasteiger partial charge in [-0.2, -0.15) is 0 Å². The van der Waals surface area contributed by atoms with E-state index in [0.717, 1.165) is 5.69 Å². The van der Waals surface area contributed by atoms with E-state index in [1.54, 1.807) is 11.6 Å². The van der Waals surface area contributed by atoms with Gasteiger partial charge >= 0.3 is 5.97 Å². The Morgan fingerprint density at radius 3 is 2.29 bits per heavy atom. The van der Waals surface area contributed by atoms with Gasteiger partial charge in [0.25, 0.3) is 0 Å². The monoisotopic (exact) mass is 289 g/mol. The molecule has 1 heterocycles. The van der Waals surface area contributed by atoms with Crippen molar-refractivity contribution in [2.24, 2.45) is 7.05 Å². The van der Waals surface area contributed by atoms with Gasteiger partial charge < -0.3 is 9.67 Å². The summed E-state index contributed by atoms with van der Waals surface area (Å²) in [6.07, 6.45) is 1.33. The SMILES string of the molecule is CC(C)c1c(-c2ccc(F)cc2)c(=O)c(C(=O)O)cn1C. The number of hydrogen-bond donors (Lipinski definition) is 1. The molecule has 2 rings (SSSR count). The standard InChI is InChI=1S/C16H16FNO3/c1-9(2)14-13(10-4-6-11(17)7-5-10)15(19)12(16(20)21)8-18(14)3/h4-9H,1-3H3,(H,20,21). The number of halogens is 1. The van der Waals surface area contributed by atoms with E-state index in [9.17, 15) is 14.0 Å². The van der Waals surface area contributed by atoms with Crippen molar-refractivity contribution in [2.45, 2.75) is 19.8 Å². The van der Waals surface area contributed by atoms with Crippen LogP contribution in [0.2, 0.25) is 0 Å². The normalized spacial score (nSPS) is 10.9. The first kappa shape index (κ1) is 15.0. The summed E-state index contributed by atoms with van der Waals surface area (Å²) in [6.45, 7) is 3.84. The number of nitrogens with zero attached hydrogens (tertiary/aromatic N) is 1. The van der Waals surface area contributed by atoms with Crippen molar-refractivity contribution >= 4 is 5.97 Å². The third kappa shape index (κ3) is 2.72. The highest BCUT2D eigenvalue weighted by molar-refractivity contribution is 5.89. The molecule has 0 fully saturated rings. The zero-order valence-electron chi connectivity index (χ0n) is 12.1. The van der Waals surface area contributed by atoms with Crippen molar-refractivity contribution in [2.75, 3.05) is 0 Å². The zero-order valence-corrected chi connectivity index (χ0v) is 12.1. The van der Waals surface area contributed by atoms with Crippen LogP contribution >= 0.6 is 0 Å². The van der Waals surface area contributed by atoms with E-state index in [2.05, 4.69) is 0 Å². The summed E-state index contributed by atoms with van der Waals surface area (Å²) in [5.41, 5.74) is 0.713. The van der Waals surface area contributed by atoms with Crippen molar-refractivity contribution in [3.63, 3.8) is 0 Å². The van der Waals surface area contributed by atoms with Gasteiger partial charge in [-0.05, 0) is 23.6 Å². The maximum Gasteiger partial charge on any atom is 0.341 e. The van der Waals surface area contributed by atoms with Crippen LogP contribution in [0.3, 0.4) is 0 Å². The van der Waals surface area contributed by atoms with Crippen molar-refractivity contribution in [3.05, 3.63) is 57.8 Å². The lowest BCUT2D eigenvalue weighted by Gasteiger charge is -2.18. The smallest absolute Gasteiger partial charge is 0.341 e. The van der Waals surface area contributed by atoms with E-state index < -0.39 is 17.2 Å². The Labute approximate surface area is 121 Å². The summed E-state index contributed by atoms with van der Waals surface area (Å²) in [4.78, 5) is 23.7. The third-order valence-corrected chi connectivity index (χ3v) is 3.34. The topological polar surface area (TPSA) is 59.3 Å². The fourth-order valence-electron chi connectivity index (χ4n) is 2.49. The Kier molecular flexibility index (Phi) is 3.93. The molecule has 0 saturated carbocycles. The quantitative estimate of drug-likeness (QED) is 0.945. The zero-order chi connectivity index (χ0) is 15.7. The number of aryl methyl sites for hydroxylation is 1. The van der Waals surface area contributed by atoms with Crippen molar-refractivity contribution in [1.29, 1.82) is 0 Å². The molecule has 1 aromatic carbocycles. The van der Waals surface area contributed by atoms with E-state index in [-0.39, 0.29) is 11.5 Å². The van der Waals surface area contributed by atoms with Gasteiger partial charge in [-0.15, -0.1) is 0 Å². The number of benzene rings is 1. The summed E-state index contributed by atoms with van der Waals surface area (Å²) in [5, 5.41) is 9.16. The van der Waals surface area contributed by atoms with Crippen LogP contribution in [0.4, 0.5) is 4.39 Å². The minimum Gasteiger partial charge on any atom is -0.477 e. The Hall–Kier alpha value is -2.43. The molecule has 0 unspecified atom stereocenters. The average molecular weight is 289 g/mol. The molecule has 4 nitrogen and oxygen atoms in total. The summed E-state index contributed by atoms with van der Waals surface area (Å²) in [7, 11) is 1.70. The molecule has 0 aliphatic rings. The molecule has 0 aliphatic heterocycles. The number of aromatic nitrogens is 1. The molecule has 110 valence electrons. The molecule has 0 spiro atoms. The second-order valence-electron chi connectivity index (χ2n) is 5.21. The first-order valence-corrected chi connectivity index (χ1v) is 6.55. The lowest BCUT2D eigenvalue weighted by molar-refractivity contribution is 0.0694. The van der Waals surface area contributed by atoms with Crippen LogP contribution in [0.15, 0.2) is 35.3 Å². The Morgan fingerprint density at radius 2 is 1.81 bits per heavy atom. The fraction of sp³-hybridized carbons (Fsp3) is 0.250. The van der Waals surface area contributed by atoms with E-state index in [1.807, 2.05) is 13.8 Å². The molecule has 0 aliphatic carbocycles. The van der Waals surface area contributed by atoms with Crippen molar-refractivity contribution < 1.29 is 14.3 Å². The highest BCUT2D eigenvalue weighted by atomic mass is 19.1. The molecule has 0 saturated heterocycles. The van der Waals surface area contributed by atoms with Crippen LogP contribution in [-0.2, 0) is 7.05 Å². The van der Waals surface area contributed by atoms with Crippen LogP contribution in [0.25, 0.3) is 11.1 Å². The van der Waals surface area contributed by atoms with Crippen molar-refractivity contribution in [1.82, 2.24) is 4.57 Å². The molecule has 0 amide bonds. The number of rotatable bonds is 3. The minimum atomic E-state index is -1.27. The predicted octanol–water partition coefficient (Wildman–Crippen LogP) is 3.01. The highest BCUT2D eigenvalue weighted by Gasteiger charge is 2.21. The first-order valence-electron chi connectivity index (χ1n) is 6.55. The number of hydrogen-bond acceptors (Lipinski definition) is 2. The lowest BCUT2D eigenvalue weighted by Crippen LogP contribution is -2.23. The van der Waals surface area contributed by atoms with E-state index in [4.69, 9.17) is 5.11 Å². The van der Waals surface area contributed by atoms with Crippen molar-refractivity contribution in [3.8, 4) is 11.1 Å². The van der Waals surface area contributed by atoms with Gasteiger partial charge in [0.05, 0.1) is 0 Å². The number of pyridine rings is 1. The summed E-state index contributed by atoms with van der Waals surface area (Å²) >= 11 is 0. The second-order valence-corrected chi connectivity index (χ2v) is 5.21. The van der Waals surface area contributed by atoms with Gasteiger partial charge in [0, 0.05) is 24.5 Å². The number of aromatic carboxylic acids is 1. The van der Waals surface area contributed by atoms with Gasteiger partial charge in [-0.25, -0.2) is 9.18 Å². The molecule has 21 heavy (non-hydrogen) atoms. The number of carboxylic acid groups (broad SMARTS) is 1. The average Bonchev–Trinajstić information content (AvgIpc) is 2.41. The van der Waals surface area contributed by atoms with Crippen LogP contribution < -0.4 is 5.43 Å². The molecular weight excluding hydrogens is 273 g/mol. The lowest BCUT2D eigenvalue weighted by atomic mass is 9.95. The molecular formula is C16H16FNO3. The molecule has 5 heteroatoms. The largest absolute Gasteiger partial charge is 0.477 e. The van der Waals surface area contributed by atoms with E-state index in [0.29, 0.717) is 11.1 Å². The van der Waals surface area contributed by atoms with Crippen LogP contribution in [-0.4, -0.2) is 15.6 Å². The molecule has 1 N–H and O–H groups in total. The third-order valence-electron chi connectivity index (χ3n) is 3.34. The fourth-order valence-corrected chi connectivity index (χ4v) is 2.49. The van der Waals surface area contributed by atoms with Crippen LogP contribution in [0, 0.1) is 5.82 Å². The maximum absolute atomic E-state index is 13.1. The Bertz CT molecular complexity index is 745. The van der Waals surface area contributed by atoms with Gasteiger partial charge in [-0.3, -0.25) is 4.79 Å².